The Kier molecular flexibility index (Phi) is 3.99. The minimum Gasteiger partial charge on any atom is -0.338 e. The summed E-state index contributed by atoms with van der Waals surface area (Å²) in [7, 11) is 0. The lowest BCUT2D eigenvalue weighted by atomic mass is 10.0. The van der Waals surface area contributed by atoms with Crippen LogP contribution < -0.4 is 0 Å². The maximum Gasteiger partial charge on any atom is 0.226 e. The first-order valence-electron chi connectivity index (χ1n) is 5.06. The van der Waals surface area contributed by atoms with Crippen molar-refractivity contribution in [1.29, 1.82) is 0 Å². The lowest BCUT2D eigenvalue weighted by molar-refractivity contribution is -0.134. The van der Waals surface area contributed by atoms with Crippen LogP contribution in [0.15, 0.2) is 11.1 Å². The quantitative estimate of drug-likeness (QED) is 0.512. The van der Waals surface area contributed by atoms with Gasteiger partial charge in [0.1, 0.15) is 0 Å². The molecule has 0 fully saturated rings. The third kappa shape index (κ3) is 2.50. The van der Waals surface area contributed by atoms with Gasteiger partial charge in [0, 0.05) is 24.9 Å². The normalized spacial score (nSPS) is 19.9. The van der Waals surface area contributed by atoms with Crippen molar-refractivity contribution in [3.8, 4) is 0 Å². The molecule has 0 N–H and O–H groups in total. The van der Waals surface area contributed by atoms with E-state index in [1.807, 2.05) is 11.8 Å². The number of rotatable bonds is 2. The van der Waals surface area contributed by atoms with Crippen LogP contribution in [0.1, 0.15) is 27.2 Å². The zero-order valence-corrected chi connectivity index (χ0v) is 9.90. The van der Waals surface area contributed by atoms with E-state index in [0.717, 1.165) is 19.5 Å². The Labute approximate surface area is 90.9 Å². The fraction of sp³-hybridized carbons (Fsp3) is 0.727. The Morgan fingerprint density at radius 3 is 2.64 bits per heavy atom. The van der Waals surface area contributed by atoms with Gasteiger partial charge in [0.15, 0.2) is 0 Å². The molecule has 14 heavy (non-hydrogen) atoms. The van der Waals surface area contributed by atoms with Crippen LogP contribution in [-0.4, -0.2) is 29.8 Å². The maximum absolute atomic E-state index is 11.8. The average molecular weight is 216 g/mol. The van der Waals surface area contributed by atoms with Crippen molar-refractivity contribution in [2.75, 3.05) is 19.0 Å². The highest BCUT2D eigenvalue weighted by molar-refractivity contribution is 6.19. The van der Waals surface area contributed by atoms with Crippen LogP contribution in [0.5, 0.6) is 0 Å². The van der Waals surface area contributed by atoms with E-state index < -0.39 is 0 Å². The van der Waals surface area contributed by atoms with Gasteiger partial charge in [0.05, 0.1) is 0 Å². The van der Waals surface area contributed by atoms with Crippen LogP contribution in [0.4, 0.5) is 0 Å². The summed E-state index contributed by atoms with van der Waals surface area (Å²) in [6, 6.07) is 0. The van der Waals surface area contributed by atoms with Crippen LogP contribution in [0.3, 0.4) is 0 Å². The molecule has 1 heterocycles. The van der Waals surface area contributed by atoms with Gasteiger partial charge < -0.3 is 4.90 Å². The first kappa shape index (κ1) is 11.6. The van der Waals surface area contributed by atoms with Gasteiger partial charge in [-0.25, -0.2) is 0 Å². The second-order valence-electron chi connectivity index (χ2n) is 4.13. The minimum absolute atomic E-state index is 0.0529. The highest BCUT2D eigenvalue weighted by atomic mass is 35.5. The van der Waals surface area contributed by atoms with Gasteiger partial charge in [-0.1, -0.05) is 18.1 Å². The number of carbonyl (C=O) groups excluding carboxylic acids is 1. The highest BCUT2D eigenvalue weighted by Crippen LogP contribution is 2.18. The standard InChI is InChI=1S/C11H18ClNO/c1-8-4-5-13(7-10(8)3)11(14)9(2)6-12/h9H,4-7H2,1-3H3. The average Bonchev–Trinajstić information content (AvgIpc) is 2.20. The number of carbonyl (C=O) groups is 1. The molecule has 3 heteroatoms. The molecule has 0 aliphatic carbocycles. The zero-order valence-electron chi connectivity index (χ0n) is 9.14. The van der Waals surface area contributed by atoms with E-state index in [0.29, 0.717) is 5.88 Å². The summed E-state index contributed by atoms with van der Waals surface area (Å²) in [5.41, 5.74) is 2.75. The summed E-state index contributed by atoms with van der Waals surface area (Å²) in [6.45, 7) is 7.76. The van der Waals surface area contributed by atoms with Crippen LogP contribution in [-0.2, 0) is 4.79 Å². The topological polar surface area (TPSA) is 20.3 Å². The summed E-state index contributed by atoms with van der Waals surface area (Å²) < 4.78 is 0. The van der Waals surface area contributed by atoms with Gasteiger partial charge >= 0.3 is 0 Å². The molecule has 1 unspecified atom stereocenters. The molecule has 1 rings (SSSR count). The molecule has 0 saturated carbocycles. The fourth-order valence-corrected chi connectivity index (χ4v) is 1.71. The number of nitrogens with zero attached hydrogens (tertiary/aromatic N) is 1. The Balaban J connectivity index is 2.61. The summed E-state index contributed by atoms with van der Waals surface area (Å²) in [4.78, 5) is 13.7. The van der Waals surface area contributed by atoms with Crippen molar-refractivity contribution in [2.45, 2.75) is 27.2 Å². The van der Waals surface area contributed by atoms with Gasteiger partial charge in [-0.3, -0.25) is 4.79 Å². The largest absolute Gasteiger partial charge is 0.338 e. The van der Waals surface area contributed by atoms with E-state index in [1.54, 1.807) is 0 Å². The van der Waals surface area contributed by atoms with Crippen LogP contribution >= 0.6 is 11.6 Å². The Bertz CT molecular complexity index is 260. The monoisotopic (exact) mass is 215 g/mol. The van der Waals surface area contributed by atoms with Gasteiger partial charge in [0.2, 0.25) is 5.91 Å². The molecule has 0 radical (unpaired) electrons. The van der Waals surface area contributed by atoms with E-state index in [9.17, 15) is 4.79 Å². The molecule has 0 aromatic heterocycles. The number of halogens is 1. The molecular formula is C11H18ClNO. The second-order valence-corrected chi connectivity index (χ2v) is 4.43. The summed E-state index contributed by atoms with van der Waals surface area (Å²) in [5, 5.41) is 0. The maximum atomic E-state index is 11.8. The third-order valence-corrected chi connectivity index (χ3v) is 3.34. The summed E-state index contributed by atoms with van der Waals surface area (Å²) in [5.74, 6) is 0.548. The Morgan fingerprint density at radius 2 is 2.14 bits per heavy atom. The smallest absolute Gasteiger partial charge is 0.226 e. The highest BCUT2D eigenvalue weighted by Gasteiger charge is 2.22. The molecule has 1 aliphatic heterocycles. The first-order chi connectivity index (χ1) is 6.56. The molecule has 80 valence electrons. The lowest BCUT2D eigenvalue weighted by Gasteiger charge is -2.30. The molecule has 0 aromatic carbocycles. The van der Waals surface area contributed by atoms with Crippen molar-refractivity contribution in [3.05, 3.63) is 11.1 Å². The SMILES string of the molecule is CC1=C(C)CN(C(=O)C(C)CCl)CC1. The van der Waals surface area contributed by atoms with Gasteiger partial charge in [0.25, 0.3) is 0 Å². The van der Waals surface area contributed by atoms with Crippen LogP contribution in [0, 0.1) is 5.92 Å². The number of amides is 1. The number of alkyl halides is 1. The molecule has 0 saturated heterocycles. The van der Waals surface area contributed by atoms with Crippen molar-refractivity contribution in [3.63, 3.8) is 0 Å². The molecule has 0 spiro atoms. The molecule has 2 nitrogen and oxygen atoms in total. The fourth-order valence-electron chi connectivity index (χ4n) is 1.58. The third-order valence-electron chi connectivity index (χ3n) is 2.88. The molecule has 1 amide bonds. The van der Waals surface area contributed by atoms with Gasteiger partial charge in [-0.15, -0.1) is 11.6 Å². The predicted octanol–water partition coefficient (Wildman–Crippen LogP) is 2.43. The van der Waals surface area contributed by atoms with Crippen molar-refractivity contribution in [2.24, 2.45) is 5.92 Å². The van der Waals surface area contributed by atoms with Gasteiger partial charge in [-0.2, -0.15) is 0 Å². The molecular weight excluding hydrogens is 198 g/mol. The lowest BCUT2D eigenvalue weighted by Crippen LogP contribution is -2.40. The number of hydrogen-bond donors (Lipinski definition) is 0. The van der Waals surface area contributed by atoms with Crippen molar-refractivity contribution in [1.82, 2.24) is 4.90 Å². The van der Waals surface area contributed by atoms with E-state index in [2.05, 4.69) is 13.8 Å². The zero-order chi connectivity index (χ0) is 10.7. The summed E-state index contributed by atoms with van der Waals surface area (Å²) >= 11 is 5.67. The minimum atomic E-state index is -0.0529. The predicted molar refractivity (Wildman–Crippen MR) is 59.5 cm³/mol. The van der Waals surface area contributed by atoms with E-state index in [-0.39, 0.29) is 11.8 Å². The van der Waals surface area contributed by atoms with E-state index >= 15 is 0 Å². The van der Waals surface area contributed by atoms with Crippen LogP contribution in [0.25, 0.3) is 0 Å². The van der Waals surface area contributed by atoms with E-state index in [4.69, 9.17) is 11.6 Å². The molecule has 1 aliphatic rings. The summed E-state index contributed by atoms with van der Waals surface area (Å²) in [6.07, 6.45) is 1.01. The Hall–Kier alpha value is -0.500. The first-order valence-corrected chi connectivity index (χ1v) is 5.59. The van der Waals surface area contributed by atoms with Gasteiger partial charge in [-0.05, 0) is 20.3 Å². The van der Waals surface area contributed by atoms with Crippen LogP contribution in [0.2, 0.25) is 0 Å². The molecule has 0 bridgehead atoms. The molecule has 0 aromatic rings. The van der Waals surface area contributed by atoms with Crippen molar-refractivity contribution >= 4 is 17.5 Å². The van der Waals surface area contributed by atoms with E-state index in [1.165, 1.54) is 11.1 Å². The van der Waals surface area contributed by atoms with Crippen molar-refractivity contribution < 1.29 is 4.79 Å². The second kappa shape index (κ2) is 4.83. The molecule has 1 atom stereocenters. The Morgan fingerprint density at radius 1 is 1.50 bits per heavy atom. The number of hydrogen-bond acceptors (Lipinski definition) is 1.